The number of fused-ring (bicyclic) bond motifs is 1. The van der Waals surface area contributed by atoms with E-state index >= 15 is 0 Å². The Balaban J connectivity index is 0.00000132. The number of rotatable bonds is 2. The van der Waals surface area contributed by atoms with E-state index in [0.717, 1.165) is 43.6 Å². The van der Waals surface area contributed by atoms with Crippen LogP contribution in [0.5, 0.6) is 0 Å². The number of thiophene rings is 1. The molecule has 0 radical (unpaired) electrons. The molecule has 0 unspecified atom stereocenters. The Morgan fingerprint density at radius 2 is 2.10 bits per heavy atom. The van der Waals surface area contributed by atoms with E-state index < -0.39 is 0 Å². The molecule has 1 fully saturated rings. The second-order valence-electron chi connectivity index (χ2n) is 5.65. The van der Waals surface area contributed by atoms with Gasteiger partial charge in [0.05, 0.1) is 23.6 Å². The summed E-state index contributed by atoms with van der Waals surface area (Å²) >= 11 is 1.73. The largest absolute Gasteiger partial charge is 0.376 e. The zero-order valence-electron chi connectivity index (χ0n) is 11.6. The summed E-state index contributed by atoms with van der Waals surface area (Å²) in [6.07, 6.45) is 5.15. The van der Waals surface area contributed by atoms with Gasteiger partial charge in [-0.15, -0.1) is 23.7 Å². The molecule has 1 aliphatic heterocycles. The molecule has 0 saturated heterocycles. The summed E-state index contributed by atoms with van der Waals surface area (Å²) in [4.78, 5) is 6.94. The van der Waals surface area contributed by atoms with Crippen molar-refractivity contribution in [3.05, 3.63) is 22.3 Å². The van der Waals surface area contributed by atoms with E-state index in [1.165, 1.54) is 10.4 Å². The molecule has 1 saturated carbocycles. The lowest BCUT2D eigenvalue weighted by atomic mass is 9.99. The zero-order valence-corrected chi connectivity index (χ0v) is 13.3. The van der Waals surface area contributed by atoms with Crippen LogP contribution in [-0.4, -0.2) is 16.7 Å². The number of aromatic nitrogens is 2. The van der Waals surface area contributed by atoms with Crippen LogP contribution in [0.25, 0.3) is 10.8 Å². The molecule has 2 N–H and O–H groups in total. The standard InChI is InChI=1S/C14H17N3O2S.ClH/c15-14(4-1-2-5-14)13-16-12(19-17-13)11-7-9-8-18-6-3-10(9)20-11;/h7H,1-6,8,15H2;1H. The minimum absolute atomic E-state index is 0. The first kappa shape index (κ1) is 15.0. The highest BCUT2D eigenvalue weighted by atomic mass is 35.5. The fraction of sp³-hybridized carbons (Fsp3) is 0.571. The number of halogens is 1. The molecule has 5 nitrogen and oxygen atoms in total. The quantitative estimate of drug-likeness (QED) is 0.917. The van der Waals surface area contributed by atoms with Crippen LogP contribution < -0.4 is 5.73 Å². The van der Waals surface area contributed by atoms with Crippen molar-refractivity contribution in [2.75, 3.05) is 6.61 Å². The van der Waals surface area contributed by atoms with Crippen LogP contribution in [0.2, 0.25) is 0 Å². The third kappa shape index (κ3) is 2.61. The molecule has 4 rings (SSSR count). The minimum atomic E-state index is -0.387. The number of ether oxygens (including phenoxy) is 1. The molecule has 3 heterocycles. The minimum Gasteiger partial charge on any atom is -0.376 e. The van der Waals surface area contributed by atoms with Crippen LogP contribution in [0.4, 0.5) is 0 Å². The maximum absolute atomic E-state index is 6.37. The molecule has 2 aromatic rings. The lowest BCUT2D eigenvalue weighted by Crippen LogP contribution is -2.34. The summed E-state index contributed by atoms with van der Waals surface area (Å²) in [7, 11) is 0. The summed E-state index contributed by atoms with van der Waals surface area (Å²) in [5, 5.41) is 4.12. The molecule has 0 atom stereocenters. The summed E-state index contributed by atoms with van der Waals surface area (Å²) in [5.74, 6) is 1.25. The van der Waals surface area contributed by atoms with Crippen LogP contribution in [0, 0.1) is 0 Å². The molecular formula is C14H18ClN3O2S. The van der Waals surface area contributed by atoms with Crippen molar-refractivity contribution in [2.45, 2.75) is 44.2 Å². The van der Waals surface area contributed by atoms with Crippen LogP contribution in [0.15, 0.2) is 10.6 Å². The van der Waals surface area contributed by atoms with Gasteiger partial charge >= 0.3 is 0 Å². The average molecular weight is 328 g/mol. The van der Waals surface area contributed by atoms with Gasteiger partial charge in [0.25, 0.3) is 5.89 Å². The first-order valence-electron chi connectivity index (χ1n) is 7.07. The predicted molar refractivity (Wildman–Crippen MR) is 82.6 cm³/mol. The molecule has 2 aromatic heterocycles. The van der Waals surface area contributed by atoms with Crippen molar-refractivity contribution in [1.82, 2.24) is 10.1 Å². The Labute approximate surface area is 133 Å². The highest BCUT2D eigenvalue weighted by Crippen LogP contribution is 2.37. The van der Waals surface area contributed by atoms with Gasteiger partial charge in [0.1, 0.15) is 0 Å². The number of nitrogens with zero attached hydrogens (tertiary/aromatic N) is 2. The van der Waals surface area contributed by atoms with Gasteiger partial charge in [0.2, 0.25) is 0 Å². The molecule has 114 valence electrons. The molecule has 0 aromatic carbocycles. The maximum Gasteiger partial charge on any atom is 0.268 e. The maximum atomic E-state index is 6.37. The highest BCUT2D eigenvalue weighted by Gasteiger charge is 2.36. The summed E-state index contributed by atoms with van der Waals surface area (Å²) < 4.78 is 10.9. The topological polar surface area (TPSA) is 74.2 Å². The number of hydrogen-bond acceptors (Lipinski definition) is 6. The highest BCUT2D eigenvalue weighted by molar-refractivity contribution is 7.15. The summed E-state index contributed by atoms with van der Waals surface area (Å²) in [5.41, 5.74) is 7.23. The normalized spacial score (nSPS) is 20.0. The first-order valence-corrected chi connectivity index (χ1v) is 7.89. The number of nitrogens with two attached hydrogens (primary N) is 1. The predicted octanol–water partition coefficient (Wildman–Crippen LogP) is 3.02. The van der Waals surface area contributed by atoms with Gasteiger partial charge in [0.15, 0.2) is 5.82 Å². The van der Waals surface area contributed by atoms with Gasteiger partial charge in [-0.3, -0.25) is 0 Å². The third-order valence-corrected chi connectivity index (χ3v) is 5.43. The SMILES string of the molecule is Cl.NC1(c2noc(-c3cc4c(s3)CCOC4)n2)CCCC1. The molecular weight excluding hydrogens is 310 g/mol. The van der Waals surface area contributed by atoms with E-state index in [4.69, 9.17) is 15.0 Å². The van der Waals surface area contributed by atoms with Gasteiger partial charge in [-0.1, -0.05) is 18.0 Å². The molecule has 1 aliphatic carbocycles. The monoisotopic (exact) mass is 327 g/mol. The van der Waals surface area contributed by atoms with E-state index in [1.807, 2.05) is 0 Å². The van der Waals surface area contributed by atoms with Gasteiger partial charge in [-0.05, 0) is 24.5 Å². The number of hydrogen-bond donors (Lipinski definition) is 1. The Morgan fingerprint density at radius 3 is 2.86 bits per heavy atom. The fourth-order valence-corrected chi connectivity index (χ4v) is 4.08. The molecule has 21 heavy (non-hydrogen) atoms. The van der Waals surface area contributed by atoms with Crippen LogP contribution in [0.3, 0.4) is 0 Å². The van der Waals surface area contributed by atoms with E-state index in [2.05, 4.69) is 16.2 Å². The Hall–Kier alpha value is -0.950. The third-order valence-electron chi connectivity index (χ3n) is 4.21. The Bertz CT molecular complexity index is 610. The van der Waals surface area contributed by atoms with Gasteiger partial charge in [0, 0.05) is 11.3 Å². The van der Waals surface area contributed by atoms with E-state index in [0.29, 0.717) is 18.3 Å². The lowest BCUT2D eigenvalue weighted by molar-refractivity contribution is 0.112. The fourth-order valence-electron chi connectivity index (χ4n) is 3.01. The Kier molecular flexibility index (Phi) is 4.05. The second kappa shape index (κ2) is 5.68. The van der Waals surface area contributed by atoms with E-state index in [1.54, 1.807) is 11.3 Å². The van der Waals surface area contributed by atoms with E-state index in [9.17, 15) is 0 Å². The molecule has 0 spiro atoms. The summed E-state index contributed by atoms with van der Waals surface area (Å²) in [6, 6.07) is 2.11. The first-order chi connectivity index (χ1) is 9.74. The van der Waals surface area contributed by atoms with Crippen molar-refractivity contribution >= 4 is 23.7 Å². The van der Waals surface area contributed by atoms with Gasteiger partial charge < -0.3 is 15.0 Å². The molecule has 0 bridgehead atoms. The van der Waals surface area contributed by atoms with E-state index in [-0.39, 0.29) is 17.9 Å². The average Bonchev–Trinajstić information content (AvgIpc) is 3.17. The van der Waals surface area contributed by atoms with Crippen LogP contribution >= 0.6 is 23.7 Å². The molecule has 0 amide bonds. The zero-order chi connectivity index (χ0) is 13.6. The van der Waals surface area contributed by atoms with Crippen LogP contribution in [-0.2, 0) is 23.3 Å². The lowest BCUT2D eigenvalue weighted by Gasteiger charge is -2.17. The van der Waals surface area contributed by atoms with Crippen molar-refractivity contribution in [3.63, 3.8) is 0 Å². The van der Waals surface area contributed by atoms with Gasteiger partial charge in [-0.2, -0.15) is 4.98 Å². The van der Waals surface area contributed by atoms with Gasteiger partial charge in [-0.25, -0.2) is 0 Å². The second-order valence-corrected chi connectivity index (χ2v) is 6.78. The Morgan fingerprint density at radius 1 is 1.29 bits per heavy atom. The van der Waals surface area contributed by atoms with Crippen molar-refractivity contribution < 1.29 is 9.26 Å². The smallest absolute Gasteiger partial charge is 0.268 e. The summed E-state index contributed by atoms with van der Waals surface area (Å²) in [6.45, 7) is 1.49. The molecule has 2 aliphatic rings. The van der Waals surface area contributed by atoms with Crippen molar-refractivity contribution in [1.29, 1.82) is 0 Å². The van der Waals surface area contributed by atoms with Crippen LogP contribution in [0.1, 0.15) is 41.9 Å². The molecule has 7 heteroatoms. The van der Waals surface area contributed by atoms with Crippen molar-refractivity contribution in [2.24, 2.45) is 5.73 Å². The van der Waals surface area contributed by atoms with Crippen molar-refractivity contribution in [3.8, 4) is 10.8 Å².